The second kappa shape index (κ2) is 7.02. The van der Waals surface area contributed by atoms with E-state index in [0.29, 0.717) is 22.9 Å². The van der Waals surface area contributed by atoms with Gasteiger partial charge in [0.25, 0.3) is 0 Å². The number of pyridine rings is 1. The number of aromatic nitrogens is 5. The van der Waals surface area contributed by atoms with E-state index in [-0.39, 0.29) is 12.1 Å². The van der Waals surface area contributed by atoms with Crippen molar-refractivity contribution in [2.24, 2.45) is 5.41 Å². The monoisotopic (exact) mass is 417 g/mol. The molecule has 1 N–H and O–H groups in total. The molecule has 2 atom stereocenters. The molecule has 31 heavy (non-hydrogen) atoms. The van der Waals surface area contributed by atoms with E-state index in [0.717, 1.165) is 36.3 Å². The summed E-state index contributed by atoms with van der Waals surface area (Å²) < 4.78 is 14.5. The maximum absolute atomic E-state index is 14.5. The lowest BCUT2D eigenvalue weighted by Crippen LogP contribution is -2.59. The van der Waals surface area contributed by atoms with Gasteiger partial charge < -0.3 is 10.2 Å². The third-order valence-electron chi connectivity index (χ3n) is 7.22. The van der Waals surface area contributed by atoms with Crippen molar-refractivity contribution in [1.29, 1.82) is 0 Å². The minimum atomic E-state index is -0.415. The Morgan fingerprint density at radius 1 is 1.10 bits per heavy atom. The summed E-state index contributed by atoms with van der Waals surface area (Å²) in [4.78, 5) is 24.1. The molecular formula is C23H24FN7. The fraction of sp³-hybridized carbons (Fsp3) is 0.435. The molecule has 2 unspecified atom stereocenters. The summed E-state index contributed by atoms with van der Waals surface area (Å²) in [7, 11) is 0. The van der Waals surface area contributed by atoms with E-state index < -0.39 is 5.95 Å². The van der Waals surface area contributed by atoms with Crippen LogP contribution in [-0.2, 0) is 6.42 Å². The molecule has 3 aromatic heterocycles. The van der Waals surface area contributed by atoms with Gasteiger partial charge in [0.2, 0.25) is 5.95 Å². The maximum Gasteiger partial charge on any atom is 0.215 e. The Bertz CT molecular complexity index is 1130. The van der Waals surface area contributed by atoms with Crippen LogP contribution in [0.5, 0.6) is 0 Å². The number of hydrogen-bond donors (Lipinski definition) is 1. The Morgan fingerprint density at radius 3 is 2.65 bits per heavy atom. The van der Waals surface area contributed by atoms with Gasteiger partial charge in [0.1, 0.15) is 5.82 Å². The third-order valence-corrected chi connectivity index (χ3v) is 7.22. The summed E-state index contributed by atoms with van der Waals surface area (Å²) in [5, 5.41) is 3.52. The summed E-state index contributed by atoms with van der Waals surface area (Å²) in [6.45, 7) is 3.86. The first-order valence-corrected chi connectivity index (χ1v) is 10.9. The van der Waals surface area contributed by atoms with Crippen LogP contribution in [0.1, 0.15) is 55.1 Å². The molecule has 1 spiro atoms. The molecular weight excluding hydrogens is 393 g/mol. The molecule has 3 aliphatic rings. The first-order valence-electron chi connectivity index (χ1n) is 10.9. The van der Waals surface area contributed by atoms with Crippen molar-refractivity contribution in [2.45, 2.75) is 44.7 Å². The van der Waals surface area contributed by atoms with Crippen LogP contribution in [0.15, 0.2) is 36.8 Å². The minimum absolute atomic E-state index is 0.00338. The number of rotatable bonds is 3. The van der Waals surface area contributed by atoms with Gasteiger partial charge in [0, 0.05) is 55.1 Å². The van der Waals surface area contributed by atoms with E-state index in [9.17, 15) is 4.39 Å². The van der Waals surface area contributed by atoms with Crippen molar-refractivity contribution < 1.29 is 4.39 Å². The summed E-state index contributed by atoms with van der Waals surface area (Å²) in [5.41, 5.74) is 3.37. The second-order valence-electron chi connectivity index (χ2n) is 8.90. The normalized spacial score (nSPS) is 23.7. The zero-order valence-electron chi connectivity index (χ0n) is 17.4. The van der Waals surface area contributed by atoms with E-state index in [1.54, 1.807) is 24.5 Å². The van der Waals surface area contributed by atoms with E-state index >= 15 is 0 Å². The van der Waals surface area contributed by atoms with Crippen LogP contribution in [0.25, 0.3) is 11.6 Å². The largest absolute Gasteiger partial charge is 0.349 e. The van der Waals surface area contributed by atoms with Gasteiger partial charge in [-0.2, -0.15) is 4.39 Å². The molecule has 6 rings (SSSR count). The molecule has 7 nitrogen and oxygen atoms in total. The lowest BCUT2D eigenvalue weighted by molar-refractivity contribution is -0.00581. The molecule has 0 amide bonds. The predicted molar refractivity (Wildman–Crippen MR) is 114 cm³/mol. The van der Waals surface area contributed by atoms with Gasteiger partial charge in [-0.25, -0.2) is 24.9 Å². The van der Waals surface area contributed by atoms with Crippen LogP contribution in [-0.4, -0.2) is 38.0 Å². The van der Waals surface area contributed by atoms with Gasteiger partial charge in [0.05, 0.1) is 11.7 Å². The van der Waals surface area contributed by atoms with Crippen molar-refractivity contribution >= 4 is 5.82 Å². The van der Waals surface area contributed by atoms with Crippen LogP contribution >= 0.6 is 0 Å². The van der Waals surface area contributed by atoms with Gasteiger partial charge in [-0.05, 0) is 43.5 Å². The summed E-state index contributed by atoms with van der Waals surface area (Å²) in [6.07, 6.45) is 9.68. The lowest BCUT2D eigenvalue weighted by Gasteiger charge is -2.57. The van der Waals surface area contributed by atoms with Crippen molar-refractivity contribution in [3.63, 3.8) is 0 Å². The van der Waals surface area contributed by atoms with Crippen molar-refractivity contribution in [1.82, 2.24) is 30.2 Å². The molecule has 158 valence electrons. The van der Waals surface area contributed by atoms with Crippen LogP contribution in [0.2, 0.25) is 0 Å². The molecule has 0 aromatic carbocycles. The van der Waals surface area contributed by atoms with Crippen molar-refractivity contribution in [2.75, 3.05) is 18.0 Å². The fourth-order valence-electron chi connectivity index (χ4n) is 5.28. The maximum atomic E-state index is 14.5. The van der Waals surface area contributed by atoms with Gasteiger partial charge in [-0.1, -0.05) is 6.42 Å². The number of anilines is 1. The lowest BCUT2D eigenvalue weighted by atomic mass is 9.58. The van der Waals surface area contributed by atoms with Crippen LogP contribution < -0.4 is 10.2 Å². The number of nitrogens with zero attached hydrogens (tertiary/aromatic N) is 6. The third kappa shape index (κ3) is 3.00. The molecule has 2 fully saturated rings. The number of fused-ring (bicyclic) bond motifs is 1. The zero-order chi connectivity index (χ0) is 21.0. The fourth-order valence-corrected chi connectivity index (χ4v) is 5.28. The quantitative estimate of drug-likeness (QED) is 0.654. The summed E-state index contributed by atoms with van der Waals surface area (Å²) in [6, 6.07) is 5.67. The molecule has 1 aliphatic carbocycles. The highest BCUT2D eigenvalue weighted by Crippen LogP contribution is 2.55. The topological polar surface area (TPSA) is 79.7 Å². The molecule has 1 saturated carbocycles. The van der Waals surface area contributed by atoms with Crippen molar-refractivity contribution in [3.05, 3.63) is 59.6 Å². The smallest absolute Gasteiger partial charge is 0.215 e. The zero-order valence-corrected chi connectivity index (χ0v) is 17.4. The van der Waals surface area contributed by atoms with Crippen molar-refractivity contribution in [3.8, 4) is 11.6 Å². The molecule has 8 heteroatoms. The van der Waals surface area contributed by atoms with Gasteiger partial charge >= 0.3 is 0 Å². The minimum Gasteiger partial charge on any atom is -0.349 e. The van der Waals surface area contributed by atoms with Crippen LogP contribution in [0.3, 0.4) is 0 Å². The predicted octanol–water partition coefficient (Wildman–Crippen LogP) is 3.41. The van der Waals surface area contributed by atoms with Gasteiger partial charge in [0.15, 0.2) is 11.6 Å². The highest BCUT2D eigenvalue weighted by atomic mass is 19.1. The Balaban J connectivity index is 1.30. The number of halogens is 1. The van der Waals surface area contributed by atoms with E-state index in [1.165, 1.54) is 19.3 Å². The second-order valence-corrected chi connectivity index (χ2v) is 8.90. The van der Waals surface area contributed by atoms with Gasteiger partial charge in [-0.3, -0.25) is 0 Å². The highest BCUT2D eigenvalue weighted by Gasteiger charge is 2.51. The summed E-state index contributed by atoms with van der Waals surface area (Å²) >= 11 is 0. The SMILES string of the molecule is CC1c2cnc(-c3ncccn3)nc2CCN1c1cc(C2NCC23CCC3)cc(F)n1. The molecule has 0 radical (unpaired) electrons. The highest BCUT2D eigenvalue weighted by molar-refractivity contribution is 5.50. The first-order chi connectivity index (χ1) is 15.1. The molecule has 2 aliphatic heterocycles. The molecule has 1 saturated heterocycles. The standard InChI is InChI=1S/C23H24FN7/c1-14-16-12-27-22(21-25-7-3-8-26-21)29-17(16)4-9-31(14)19-11-15(10-18(24)30-19)20-23(13-28-20)5-2-6-23/h3,7-8,10-12,14,20,28H,2,4-6,9,13H2,1H3. The van der Waals surface area contributed by atoms with E-state index in [1.807, 2.05) is 6.20 Å². The molecule has 5 heterocycles. The number of hydrogen-bond acceptors (Lipinski definition) is 7. The van der Waals surface area contributed by atoms with Gasteiger partial charge in [-0.15, -0.1) is 0 Å². The molecule has 0 bridgehead atoms. The molecule has 3 aromatic rings. The van der Waals surface area contributed by atoms with Crippen LogP contribution in [0, 0.1) is 11.4 Å². The summed E-state index contributed by atoms with van der Waals surface area (Å²) in [5.74, 6) is 1.33. The average molecular weight is 417 g/mol. The van der Waals surface area contributed by atoms with E-state index in [2.05, 4.69) is 43.1 Å². The van der Waals surface area contributed by atoms with Crippen LogP contribution in [0.4, 0.5) is 10.2 Å². The Hall–Kier alpha value is -3.00. The van der Waals surface area contributed by atoms with E-state index in [4.69, 9.17) is 4.98 Å². The Morgan fingerprint density at radius 2 is 1.94 bits per heavy atom. The average Bonchev–Trinajstić information content (AvgIpc) is 2.72. The Labute approximate surface area is 180 Å². The first kappa shape index (κ1) is 18.7. The Kier molecular flexibility index (Phi) is 4.24. The number of nitrogens with one attached hydrogen (secondary N) is 1.